The van der Waals surface area contributed by atoms with Crippen molar-refractivity contribution >= 4 is 5.91 Å². The lowest BCUT2D eigenvalue weighted by Gasteiger charge is -2.26. The van der Waals surface area contributed by atoms with E-state index in [1.165, 1.54) is 24.3 Å². The van der Waals surface area contributed by atoms with Crippen LogP contribution in [-0.4, -0.2) is 60.0 Å². The molecule has 1 saturated heterocycles. The third kappa shape index (κ3) is 6.59. The van der Waals surface area contributed by atoms with Gasteiger partial charge in [-0.25, -0.2) is 8.78 Å². The number of aromatic nitrogens is 2. The maximum atomic E-state index is 13.2. The Morgan fingerprint density at radius 3 is 2.30 bits per heavy atom. The summed E-state index contributed by atoms with van der Waals surface area (Å²) in [6, 6.07) is 12.0. The fourth-order valence-corrected chi connectivity index (χ4v) is 3.50. The molecule has 1 aromatic heterocycles. The Morgan fingerprint density at radius 2 is 1.64 bits per heavy atom. The summed E-state index contributed by atoms with van der Waals surface area (Å²) in [5, 5.41) is 7.34. The SMILES string of the molecule is O=C(NCCN1CCOCC1)c1cn(Cc2ccc(F)cc2)nc1OCc1ccc(F)cc1. The minimum atomic E-state index is -0.331. The highest BCUT2D eigenvalue weighted by atomic mass is 19.1. The number of hydrogen-bond acceptors (Lipinski definition) is 5. The molecule has 0 aliphatic carbocycles. The molecule has 3 aromatic rings. The highest BCUT2D eigenvalue weighted by Crippen LogP contribution is 2.19. The zero-order valence-electron chi connectivity index (χ0n) is 18.2. The summed E-state index contributed by atoms with van der Waals surface area (Å²) >= 11 is 0. The van der Waals surface area contributed by atoms with Crippen molar-refractivity contribution in [3.8, 4) is 5.88 Å². The zero-order chi connectivity index (χ0) is 23.0. The van der Waals surface area contributed by atoms with Crippen LogP contribution in [0.2, 0.25) is 0 Å². The molecule has 0 saturated carbocycles. The summed E-state index contributed by atoms with van der Waals surface area (Å²) in [7, 11) is 0. The predicted octanol–water partition coefficient (Wildman–Crippen LogP) is 2.85. The summed E-state index contributed by atoms with van der Waals surface area (Å²) in [6.45, 7) is 4.80. The summed E-state index contributed by atoms with van der Waals surface area (Å²) in [5.41, 5.74) is 1.90. The van der Waals surface area contributed by atoms with Gasteiger partial charge in [0.2, 0.25) is 5.88 Å². The first-order valence-electron chi connectivity index (χ1n) is 10.8. The van der Waals surface area contributed by atoms with Gasteiger partial charge in [0.25, 0.3) is 5.91 Å². The number of morpholine rings is 1. The normalized spacial score (nSPS) is 14.2. The first-order valence-corrected chi connectivity index (χ1v) is 10.8. The van der Waals surface area contributed by atoms with Crippen molar-refractivity contribution < 1.29 is 23.0 Å². The molecule has 174 valence electrons. The molecule has 1 fully saturated rings. The quantitative estimate of drug-likeness (QED) is 0.536. The minimum absolute atomic E-state index is 0.141. The maximum absolute atomic E-state index is 13.2. The Hall–Kier alpha value is -3.30. The zero-order valence-corrected chi connectivity index (χ0v) is 18.2. The summed E-state index contributed by atoms with van der Waals surface area (Å²) in [4.78, 5) is 15.1. The second-order valence-corrected chi connectivity index (χ2v) is 7.80. The number of halogens is 2. The van der Waals surface area contributed by atoms with Gasteiger partial charge in [-0.15, -0.1) is 5.10 Å². The van der Waals surface area contributed by atoms with Gasteiger partial charge >= 0.3 is 0 Å². The molecule has 1 amide bonds. The van der Waals surface area contributed by atoms with Gasteiger partial charge in [-0.2, -0.15) is 0 Å². The van der Waals surface area contributed by atoms with Crippen LogP contribution in [0.3, 0.4) is 0 Å². The van der Waals surface area contributed by atoms with Gasteiger partial charge in [0.1, 0.15) is 23.8 Å². The Morgan fingerprint density at radius 1 is 1.00 bits per heavy atom. The van der Waals surface area contributed by atoms with Gasteiger partial charge in [-0.05, 0) is 35.4 Å². The number of amides is 1. The lowest BCUT2D eigenvalue weighted by Crippen LogP contribution is -2.41. The molecular formula is C24H26F2N4O3. The van der Waals surface area contributed by atoms with Crippen molar-refractivity contribution in [2.24, 2.45) is 0 Å². The average Bonchev–Trinajstić information content (AvgIpc) is 3.23. The highest BCUT2D eigenvalue weighted by molar-refractivity contribution is 5.96. The molecule has 0 atom stereocenters. The van der Waals surface area contributed by atoms with E-state index in [9.17, 15) is 13.6 Å². The first kappa shape index (κ1) is 22.9. The van der Waals surface area contributed by atoms with E-state index in [1.807, 2.05) is 0 Å². The van der Waals surface area contributed by atoms with E-state index in [0.717, 1.165) is 30.8 Å². The van der Waals surface area contributed by atoms with E-state index in [2.05, 4.69) is 15.3 Å². The lowest BCUT2D eigenvalue weighted by atomic mass is 10.2. The molecule has 2 heterocycles. The van der Waals surface area contributed by atoms with Gasteiger partial charge in [-0.3, -0.25) is 14.4 Å². The van der Waals surface area contributed by atoms with Crippen molar-refractivity contribution in [3.63, 3.8) is 0 Å². The van der Waals surface area contributed by atoms with E-state index in [-0.39, 0.29) is 30.0 Å². The molecule has 2 aromatic carbocycles. The number of ether oxygens (including phenoxy) is 2. The number of carbonyl (C=O) groups is 1. The molecule has 1 aliphatic heterocycles. The number of nitrogens with one attached hydrogen (secondary N) is 1. The Labute approximate surface area is 190 Å². The van der Waals surface area contributed by atoms with Gasteiger partial charge in [0, 0.05) is 32.4 Å². The number of carbonyl (C=O) groups excluding carboxylic acids is 1. The van der Waals surface area contributed by atoms with Crippen LogP contribution in [0.1, 0.15) is 21.5 Å². The van der Waals surface area contributed by atoms with Crippen LogP contribution in [0.5, 0.6) is 5.88 Å². The van der Waals surface area contributed by atoms with Crippen LogP contribution in [0, 0.1) is 11.6 Å². The Bertz CT molecular complexity index is 1050. The molecule has 0 bridgehead atoms. The highest BCUT2D eigenvalue weighted by Gasteiger charge is 2.19. The van der Waals surface area contributed by atoms with Crippen molar-refractivity contribution in [1.82, 2.24) is 20.0 Å². The second-order valence-electron chi connectivity index (χ2n) is 7.80. The molecule has 9 heteroatoms. The molecular weight excluding hydrogens is 430 g/mol. The molecule has 33 heavy (non-hydrogen) atoms. The van der Waals surface area contributed by atoms with Gasteiger partial charge in [0.15, 0.2) is 0 Å². The summed E-state index contributed by atoms with van der Waals surface area (Å²) in [5.74, 6) is -0.751. The van der Waals surface area contributed by atoms with Crippen LogP contribution in [0.15, 0.2) is 54.7 Å². The monoisotopic (exact) mass is 456 g/mol. The van der Waals surface area contributed by atoms with Crippen molar-refractivity contribution in [3.05, 3.63) is 83.1 Å². The van der Waals surface area contributed by atoms with Crippen molar-refractivity contribution in [2.45, 2.75) is 13.2 Å². The summed E-state index contributed by atoms with van der Waals surface area (Å²) in [6.07, 6.45) is 1.62. The third-order valence-electron chi connectivity index (χ3n) is 5.34. The van der Waals surface area contributed by atoms with Crippen LogP contribution >= 0.6 is 0 Å². The van der Waals surface area contributed by atoms with E-state index in [0.29, 0.717) is 31.9 Å². The Kier molecular flexibility index (Phi) is 7.64. The Balaban J connectivity index is 1.44. The largest absolute Gasteiger partial charge is 0.471 e. The predicted molar refractivity (Wildman–Crippen MR) is 118 cm³/mol. The fourth-order valence-electron chi connectivity index (χ4n) is 3.50. The van der Waals surface area contributed by atoms with E-state index < -0.39 is 0 Å². The van der Waals surface area contributed by atoms with Crippen LogP contribution in [0.25, 0.3) is 0 Å². The first-order chi connectivity index (χ1) is 16.1. The fraction of sp³-hybridized carbons (Fsp3) is 0.333. The maximum Gasteiger partial charge on any atom is 0.258 e. The molecule has 4 rings (SSSR count). The number of benzene rings is 2. The minimum Gasteiger partial charge on any atom is -0.471 e. The van der Waals surface area contributed by atoms with Crippen molar-refractivity contribution in [2.75, 3.05) is 39.4 Å². The van der Waals surface area contributed by atoms with Crippen LogP contribution in [0.4, 0.5) is 8.78 Å². The number of rotatable bonds is 9. The van der Waals surface area contributed by atoms with Crippen LogP contribution < -0.4 is 10.1 Å². The van der Waals surface area contributed by atoms with E-state index >= 15 is 0 Å². The number of nitrogens with zero attached hydrogens (tertiary/aromatic N) is 3. The van der Waals surface area contributed by atoms with Gasteiger partial charge in [-0.1, -0.05) is 24.3 Å². The molecule has 1 N–H and O–H groups in total. The van der Waals surface area contributed by atoms with Gasteiger partial charge in [0.05, 0.1) is 19.8 Å². The van der Waals surface area contributed by atoms with E-state index in [4.69, 9.17) is 9.47 Å². The second kappa shape index (κ2) is 11.0. The molecule has 0 spiro atoms. The summed E-state index contributed by atoms with van der Waals surface area (Å²) < 4.78 is 39.1. The lowest BCUT2D eigenvalue weighted by molar-refractivity contribution is 0.0383. The number of hydrogen-bond donors (Lipinski definition) is 1. The molecule has 7 nitrogen and oxygen atoms in total. The third-order valence-corrected chi connectivity index (χ3v) is 5.34. The van der Waals surface area contributed by atoms with Crippen molar-refractivity contribution in [1.29, 1.82) is 0 Å². The van der Waals surface area contributed by atoms with Gasteiger partial charge < -0.3 is 14.8 Å². The van der Waals surface area contributed by atoms with Crippen LogP contribution in [-0.2, 0) is 17.9 Å². The molecule has 1 aliphatic rings. The standard InChI is InChI=1S/C24H26F2N4O3/c25-20-5-1-18(2-6-20)15-30-16-22(23(31)27-9-10-29-11-13-32-14-12-29)24(28-30)33-17-19-3-7-21(26)8-4-19/h1-8,16H,9-15,17H2,(H,27,31). The smallest absolute Gasteiger partial charge is 0.258 e. The topological polar surface area (TPSA) is 68.6 Å². The molecule has 0 radical (unpaired) electrons. The average molecular weight is 456 g/mol. The van der Waals surface area contributed by atoms with E-state index in [1.54, 1.807) is 35.1 Å². The molecule has 0 unspecified atom stereocenters.